The molecule has 2 aliphatic rings. The van der Waals surface area contributed by atoms with Crippen molar-refractivity contribution in [1.82, 2.24) is 10.6 Å². The van der Waals surface area contributed by atoms with Crippen LogP contribution in [-0.4, -0.2) is 64.7 Å². The molecule has 0 aromatic heterocycles. The Bertz CT molecular complexity index is 650. The summed E-state index contributed by atoms with van der Waals surface area (Å²) in [6.07, 6.45) is 4.20. The minimum absolute atomic E-state index is 0.127. The van der Waals surface area contributed by atoms with Crippen molar-refractivity contribution in [2.75, 3.05) is 46.9 Å². The van der Waals surface area contributed by atoms with Crippen molar-refractivity contribution in [1.29, 1.82) is 0 Å². The van der Waals surface area contributed by atoms with Crippen LogP contribution < -0.4 is 25.2 Å². The van der Waals surface area contributed by atoms with Crippen LogP contribution >= 0.6 is 0 Å². The number of rotatable bonds is 6. The Balaban J connectivity index is 1.62. The average Bonchev–Trinajstić information content (AvgIpc) is 3.22. The minimum Gasteiger partial charge on any atom is -0.497 e. The molecule has 1 aromatic carbocycles. The van der Waals surface area contributed by atoms with E-state index in [0.29, 0.717) is 6.54 Å². The van der Waals surface area contributed by atoms with Crippen molar-refractivity contribution in [3.8, 4) is 5.75 Å². The molecule has 1 saturated carbocycles. The summed E-state index contributed by atoms with van der Waals surface area (Å²) in [5, 5.41) is 5.75. The molecule has 0 spiro atoms. The lowest BCUT2D eigenvalue weighted by Crippen LogP contribution is -3.27. The fourth-order valence-corrected chi connectivity index (χ4v) is 4.28. The van der Waals surface area contributed by atoms with Crippen LogP contribution in [0.25, 0.3) is 0 Å². The van der Waals surface area contributed by atoms with Crippen LogP contribution in [0.1, 0.15) is 37.3 Å². The molecule has 2 fully saturated rings. The van der Waals surface area contributed by atoms with Gasteiger partial charge in [0.1, 0.15) is 38.0 Å². The smallest absolute Gasteiger partial charge is 0.309 e. The van der Waals surface area contributed by atoms with E-state index in [9.17, 15) is 9.59 Å². The van der Waals surface area contributed by atoms with Gasteiger partial charge in [0.25, 0.3) is 0 Å². The van der Waals surface area contributed by atoms with E-state index in [1.165, 1.54) is 9.80 Å². The van der Waals surface area contributed by atoms with Gasteiger partial charge in [0.2, 0.25) is 0 Å². The highest BCUT2D eigenvalue weighted by Gasteiger charge is 2.30. The second-order valence-corrected chi connectivity index (χ2v) is 8.11. The first kappa shape index (κ1) is 20.6. The third-order valence-electron chi connectivity index (χ3n) is 6.12. The molecule has 7 heteroatoms. The van der Waals surface area contributed by atoms with E-state index < -0.39 is 11.8 Å². The van der Waals surface area contributed by atoms with Crippen molar-refractivity contribution >= 4 is 11.8 Å². The van der Waals surface area contributed by atoms with Gasteiger partial charge >= 0.3 is 11.8 Å². The predicted octanol–water partition coefficient (Wildman–Crippen LogP) is -1.68. The SMILES string of the molecule is COc1ccc([C@@H](CNC(=O)C(=O)NC2CCCC2)[NH+]2CC[NH+](C)CC2)cc1. The van der Waals surface area contributed by atoms with Gasteiger partial charge in [-0.15, -0.1) is 0 Å². The molecule has 1 aliphatic heterocycles. The molecule has 1 atom stereocenters. The highest BCUT2D eigenvalue weighted by molar-refractivity contribution is 6.35. The summed E-state index contributed by atoms with van der Waals surface area (Å²) in [5.74, 6) is -0.205. The lowest BCUT2D eigenvalue weighted by atomic mass is 10.0. The van der Waals surface area contributed by atoms with Gasteiger partial charge in [-0.1, -0.05) is 12.8 Å². The molecular weight excluding hydrogens is 356 g/mol. The molecular formula is C21H34N4O3+2. The number of carbonyl (C=O) groups is 2. The Morgan fingerprint density at radius 2 is 1.71 bits per heavy atom. The quantitative estimate of drug-likeness (QED) is 0.439. The van der Waals surface area contributed by atoms with Gasteiger partial charge in [-0.05, 0) is 37.1 Å². The largest absolute Gasteiger partial charge is 0.497 e. The molecule has 3 rings (SSSR count). The number of methoxy groups -OCH3 is 1. The topological polar surface area (TPSA) is 76.3 Å². The molecule has 7 nitrogen and oxygen atoms in total. The number of nitrogens with one attached hydrogen (secondary N) is 4. The zero-order valence-electron chi connectivity index (χ0n) is 17.1. The van der Waals surface area contributed by atoms with Crippen LogP contribution in [-0.2, 0) is 9.59 Å². The Kier molecular flexibility index (Phi) is 7.28. The van der Waals surface area contributed by atoms with Crippen LogP contribution in [0, 0.1) is 0 Å². The second kappa shape index (κ2) is 9.89. The summed E-state index contributed by atoms with van der Waals surface area (Å²) in [6, 6.07) is 8.32. The summed E-state index contributed by atoms with van der Waals surface area (Å²) >= 11 is 0. The number of ether oxygens (including phenoxy) is 1. The summed E-state index contributed by atoms with van der Waals surface area (Å²) in [4.78, 5) is 27.5. The molecule has 2 amide bonds. The highest BCUT2D eigenvalue weighted by Crippen LogP contribution is 2.17. The van der Waals surface area contributed by atoms with E-state index in [4.69, 9.17) is 4.74 Å². The van der Waals surface area contributed by atoms with Crippen LogP contribution in [0.15, 0.2) is 24.3 Å². The van der Waals surface area contributed by atoms with Gasteiger partial charge < -0.3 is 25.2 Å². The highest BCUT2D eigenvalue weighted by atomic mass is 16.5. The summed E-state index contributed by atoms with van der Waals surface area (Å²) in [7, 11) is 3.87. The summed E-state index contributed by atoms with van der Waals surface area (Å²) < 4.78 is 5.27. The van der Waals surface area contributed by atoms with E-state index in [1.807, 2.05) is 12.1 Å². The maximum atomic E-state index is 12.3. The third kappa shape index (κ3) is 5.45. The van der Waals surface area contributed by atoms with Gasteiger partial charge in [-0.25, -0.2) is 0 Å². The number of amides is 2. The van der Waals surface area contributed by atoms with E-state index in [1.54, 1.807) is 7.11 Å². The number of quaternary nitrogens is 2. The van der Waals surface area contributed by atoms with Crippen LogP contribution in [0.5, 0.6) is 5.75 Å². The van der Waals surface area contributed by atoms with E-state index >= 15 is 0 Å². The Labute approximate surface area is 167 Å². The maximum Gasteiger partial charge on any atom is 0.309 e. The monoisotopic (exact) mass is 390 g/mol. The number of hydrogen-bond acceptors (Lipinski definition) is 3. The molecule has 28 heavy (non-hydrogen) atoms. The van der Waals surface area contributed by atoms with E-state index in [2.05, 4.69) is 29.8 Å². The van der Waals surface area contributed by atoms with Gasteiger partial charge in [0.05, 0.1) is 20.7 Å². The number of piperazine rings is 1. The molecule has 1 aliphatic carbocycles. The summed E-state index contributed by atoms with van der Waals surface area (Å²) in [5.41, 5.74) is 1.16. The lowest BCUT2D eigenvalue weighted by Gasteiger charge is -2.33. The van der Waals surface area contributed by atoms with Crippen molar-refractivity contribution in [2.45, 2.75) is 37.8 Å². The Morgan fingerprint density at radius 3 is 2.32 bits per heavy atom. The van der Waals surface area contributed by atoms with Crippen molar-refractivity contribution in [3.05, 3.63) is 29.8 Å². The number of benzene rings is 1. The fourth-order valence-electron chi connectivity index (χ4n) is 4.28. The molecule has 1 saturated heterocycles. The summed E-state index contributed by atoms with van der Waals surface area (Å²) in [6.45, 7) is 4.77. The Hall–Kier alpha value is -2.12. The van der Waals surface area contributed by atoms with Crippen molar-refractivity contribution in [2.24, 2.45) is 0 Å². The zero-order chi connectivity index (χ0) is 19.9. The molecule has 0 bridgehead atoms. The number of carbonyl (C=O) groups excluding carboxylic acids is 2. The van der Waals surface area contributed by atoms with Crippen molar-refractivity contribution < 1.29 is 24.1 Å². The minimum atomic E-state index is -0.524. The fraction of sp³-hybridized carbons (Fsp3) is 0.619. The van der Waals surface area contributed by atoms with Gasteiger partial charge in [-0.3, -0.25) is 9.59 Å². The molecule has 4 N–H and O–H groups in total. The second-order valence-electron chi connectivity index (χ2n) is 8.11. The van der Waals surface area contributed by atoms with Gasteiger partial charge in [-0.2, -0.15) is 0 Å². The van der Waals surface area contributed by atoms with Crippen LogP contribution in [0.2, 0.25) is 0 Å². The third-order valence-corrected chi connectivity index (χ3v) is 6.12. The average molecular weight is 391 g/mol. The predicted molar refractivity (Wildman–Crippen MR) is 106 cm³/mol. The standard InChI is InChI=1S/C21H32N4O3/c1-24-11-13-25(14-12-24)19(16-7-9-18(28-2)10-8-16)15-22-20(26)21(27)23-17-5-3-4-6-17/h7-10,17,19H,3-6,11-15H2,1-2H3,(H,22,26)(H,23,27)/p+2/t19-/m1/s1. The van der Waals surface area contributed by atoms with E-state index in [0.717, 1.165) is 63.2 Å². The number of hydrogen-bond donors (Lipinski definition) is 4. The Morgan fingerprint density at radius 1 is 1.07 bits per heavy atom. The molecule has 154 valence electrons. The van der Waals surface area contributed by atoms with Crippen molar-refractivity contribution in [3.63, 3.8) is 0 Å². The molecule has 1 heterocycles. The molecule has 0 unspecified atom stereocenters. The maximum absolute atomic E-state index is 12.3. The van der Waals surface area contributed by atoms with Crippen LogP contribution in [0.3, 0.4) is 0 Å². The van der Waals surface area contributed by atoms with E-state index in [-0.39, 0.29) is 12.1 Å². The molecule has 0 radical (unpaired) electrons. The molecule has 1 aromatic rings. The first-order valence-electron chi connectivity index (χ1n) is 10.5. The van der Waals surface area contributed by atoms with Crippen LogP contribution in [0.4, 0.5) is 0 Å². The first-order valence-corrected chi connectivity index (χ1v) is 10.5. The van der Waals surface area contributed by atoms with Gasteiger partial charge in [0.15, 0.2) is 0 Å². The normalized spacial score (nSPS) is 23.8. The lowest BCUT2D eigenvalue weighted by molar-refractivity contribution is -1.02. The first-order chi connectivity index (χ1) is 13.6. The number of likely N-dealkylation sites (N-methyl/N-ethyl adjacent to an activating group) is 1. The zero-order valence-corrected chi connectivity index (χ0v) is 17.1. The van der Waals surface area contributed by atoms with Gasteiger partial charge in [0, 0.05) is 11.6 Å².